The van der Waals surface area contributed by atoms with Gasteiger partial charge in [-0.1, -0.05) is 31.0 Å². The average Bonchev–Trinajstić information content (AvgIpc) is 3.17. The monoisotopic (exact) mass is 488 g/mol. The van der Waals surface area contributed by atoms with Crippen molar-refractivity contribution in [2.45, 2.75) is 44.9 Å². The molecule has 2 aliphatic heterocycles. The first-order chi connectivity index (χ1) is 17.7. The number of likely N-dealkylation sites (tertiary alicyclic amines) is 2. The summed E-state index contributed by atoms with van der Waals surface area (Å²) in [6, 6.07) is 15.2. The highest BCUT2D eigenvalue weighted by atomic mass is 16.3. The van der Waals surface area contributed by atoms with Crippen LogP contribution >= 0.6 is 0 Å². The van der Waals surface area contributed by atoms with E-state index in [-0.39, 0.29) is 11.8 Å². The Morgan fingerprint density at radius 3 is 2.44 bits per heavy atom. The van der Waals surface area contributed by atoms with Crippen molar-refractivity contribution in [3.8, 4) is 11.5 Å². The highest BCUT2D eigenvalue weighted by Gasteiger charge is 2.25. The van der Waals surface area contributed by atoms with E-state index in [1.807, 2.05) is 47.4 Å². The number of nitrogens with one attached hydrogen (secondary N) is 1. The fourth-order valence-electron chi connectivity index (χ4n) is 5.33. The van der Waals surface area contributed by atoms with Gasteiger partial charge < -0.3 is 19.5 Å². The van der Waals surface area contributed by atoms with Crippen molar-refractivity contribution in [1.29, 1.82) is 0 Å². The van der Waals surface area contributed by atoms with Gasteiger partial charge in [-0.25, -0.2) is 4.98 Å². The van der Waals surface area contributed by atoms with Gasteiger partial charge >= 0.3 is 0 Å². The number of oxazole rings is 1. The lowest BCUT2D eigenvalue weighted by molar-refractivity contribution is -0.122. The van der Waals surface area contributed by atoms with Gasteiger partial charge in [0, 0.05) is 43.7 Å². The van der Waals surface area contributed by atoms with Crippen LogP contribution in [0.25, 0.3) is 22.6 Å². The largest absolute Gasteiger partial charge is 0.436 e. The minimum atomic E-state index is 0.00918. The summed E-state index contributed by atoms with van der Waals surface area (Å²) >= 11 is 0. The van der Waals surface area contributed by atoms with Crippen LogP contribution in [0.5, 0.6) is 0 Å². The zero-order valence-electron chi connectivity index (χ0n) is 21.0. The maximum atomic E-state index is 13.1. The van der Waals surface area contributed by atoms with Crippen molar-refractivity contribution in [3.63, 3.8) is 0 Å². The van der Waals surface area contributed by atoms with Gasteiger partial charge in [0.2, 0.25) is 11.8 Å². The minimum absolute atomic E-state index is 0.00918. The molecule has 5 rings (SSSR count). The Labute approximate surface area is 212 Å². The van der Waals surface area contributed by atoms with Crippen molar-refractivity contribution in [3.05, 3.63) is 54.1 Å². The zero-order chi connectivity index (χ0) is 24.7. The van der Waals surface area contributed by atoms with E-state index in [1.54, 1.807) is 6.07 Å². The molecular weight excluding hydrogens is 452 g/mol. The van der Waals surface area contributed by atoms with E-state index < -0.39 is 0 Å². The van der Waals surface area contributed by atoms with Crippen LogP contribution in [0.4, 0.5) is 0 Å². The topological polar surface area (TPSA) is 78.7 Å². The minimum Gasteiger partial charge on any atom is -0.436 e. The predicted octanol–water partition coefficient (Wildman–Crippen LogP) is 4.73. The highest BCUT2D eigenvalue weighted by Crippen LogP contribution is 2.26. The molecule has 3 aromatic rings. The summed E-state index contributed by atoms with van der Waals surface area (Å²) in [6.07, 6.45) is 7.45. The molecule has 0 bridgehead atoms. The third-order valence-electron chi connectivity index (χ3n) is 7.48. The average molecular weight is 489 g/mol. The molecule has 36 heavy (non-hydrogen) atoms. The molecule has 1 aromatic heterocycles. The van der Waals surface area contributed by atoms with Gasteiger partial charge in [-0.15, -0.1) is 0 Å². The van der Waals surface area contributed by atoms with E-state index in [2.05, 4.69) is 15.2 Å². The lowest BCUT2D eigenvalue weighted by Gasteiger charge is -2.32. The number of piperidine rings is 1. The van der Waals surface area contributed by atoms with Crippen molar-refractivity contribution in [2.24, 2.45) is 5.92 Å². The van der Waals surface area contributed by atoms with Gasteiger partial charge in [0.15, 0.2) is 5.58 Å². The van der Waals surface area contributed by atoms with Crippen LogP contribution in [0.3, 0.4) is 0 Å². The number of aromatic nitrogens is 1. The number of nitrogens with zero attached hydrogens (tertiary/aromatic N) is 3. The third-order valence-corrected chi connectivity index (χ3v) is 7.48. The Morgan fingerprint density at radius 2 is 1.69 bits per heavy atom. The number of rotatable bonds is 7. The van der Waals surface area contributed by atoms with Gasteiger partial charge in [0.25, 0.3) is 5.91 Å². The Balaban J connectivity index is 1.09. The molecule has 2 aromatic carbocycles. The number of fused-ring (bicyclic) bond motifs is 1. The van der Waals surface area contributed by atoms with Gasteiger partial charge in [-0.2, -0.15) is 0 Å². The first-order valence-electron chi connectivity index (χ1n) is 13.4. The Morgan fingerprint density at radius 1 is 0.944 bits per heavy atom. The molecule has 0 spiro atoms. The van der Waals surface area contributed by atoms with Crippen LogP contribution in [0.2, 0.25) is 0 Å². The molecule has 2 saturated heterocycles. The lowest BCUT2D eigenvalue weighted by Crippen LogP contribution is -2.40. The summed E-state index contributed by atoms with van der Waals surface area (Å²) in [5.41, 5.74) is 2.88. The van der Waals surface area contributed by atoms with Crippen LogP contribution in [0.15, 0.2) is 52.9 Å². The molecule has 1 N–H and O–H groups in total. The molecule has 0 radical (unpaired) electrons. The van der Waals surface area contributed by atoms with Crippen LogP contribution in [0.1, 0.15) is 55.3 Å². The summed E-state index contributed by atoms with van der Waals surface area (Å²) in [4.78, 5) is 34.5. The van der Waals surface area contributed by atoms with Crippen LogP contribution in [-0.2, 0) is 4.79 Å². The molecule has 2 aliphatic rings. The first kappa shape index (κ1) is 24.5. The van der Waals surface area contributed by atoms with Crippen LogP contribution in [-0.4, -0.2) is 65.9 Å². The van der Waals surface area contributed by atoms with Crippen molar-refractivity contribution >= 4 is 22.9 Å². The second-order valence-corrected chi connectivity index (χ2v) is 10.1. The quantitative estimate of drug-likeness (QED) is 0.520. The van der Waals surface area contributed by atoms with Crippen molar-refractivity contribution in [1.82, 2.24) is 20.1 Å². The molecule has 2 fully saturated rings. The number of hydrogen-bond donors (Lipinski definition) is 1. The highest BCUT2D eigenvalue weighted by molar-refractivity contribution is 5.97. The summed E-state index contributed by atoms with van der Waals surface area (Å²) in [5, 5.41) is 3.11. The smallest absolute Gasteiger partial charge is 0.253 e. The normalized spacial score (nSPS) is 17.7. The molecule has 7 heteroatoms. The maximum Gasteiger partial charge on any atom is 0.253 e. The molecule has 0 aliphatic carbocycles. The van der Waals surface area contributed by atoms with Crippen LogP contribution < -0.4 is 5.32 Å². The van der Waals surface area contributed by atoms with E-state index in [9.17, 15) is 9.59 Å². The number of carbonyl (C=O) groups excluding carboxylic acids is 2. The van der Waals surface area contributed by atoms with Crippen molar-refractivity contribution < 1.29 is 14.0 Å². The van der Waals surface area contributed by atoms with E-state index in [0.717, 1.165) is 50.1 Å². The van der Waals surface area contributed by atoms with E-state index >= 15 is 0 Å². The fraction of sp³-hybridized carbons (Fsp3) is 0.483. The molecule has 0 atom stereocenters. The molecule has 0 unspecified atom stereocenters. The molecule has 3 heterocycles. The first-order valence-corrected chi connectivity index (χ1v) is 13.4. The van der Waals surface area contributed by atoms with Gasteiger partial charge in [0.05, 0.1) is 0 Å². The summed E-state index contributed by atoms with van der Waals surface area (Å²) in [7, 11) is 0. The fourth-order valence-corrected chi connectivity index (χ4v) is 5.33. The lowest BCUT2D eigenvalue weighted by atomic mass is 9.93. The van der Waals surface area contributed by atoms with Gasteiger partial charge in [0.1, 0.15) is 5.52 Å². The summed E-state index contributed by atoms with van der Waals surface area (Å²) in [6.45, 7) is 5.33. The zero-order valence-corrected chi connectivity index (χ0v) is 21.0. The van der Waals surface area contributed by atoms with E-state index in [1.165, 1.54) is 25.7 Å². The molecule has 0 saturated carbocycles. The number of benzene rings is 2. The molecule has 190 valence electrons. The predicted molar refractivity (Wildman–Crippen MR) is 141 cm³/mol. The maximum absolute atomic E-state index is 13.1. The molecule has 7 nitrogen and oxygen atoms in total. The van der Waals surface area contributed by atoms with Gasteiger partial charge in [-0.05, 0) is 75.0 Å². The second kappa shape index (κ2) is 11.7. The Hall–Kier alpha value is -3.19. The summed E-state index contributed by atoms with van der Waals surface area (Å²) < 4.78 is 5.94. The Kier molecular flexibility index (Phi) is 7.96. The van der Waals surface area contributed by atoms with E-state index in [4.69, 9.17) is 4.42 Å². The third kappa shape index (κ3) is 6.13. The second-order valence-electron chi connectivity index (χ2n) is 10.1. The number of hydrogen-bond acceptors (Lipinski definition) is 5. The SMILES string of the molecule is O=C(CC1CCN(C(=O)c2ccc3nc(-c4ccccc4)oc3c2)CC1)NCCN1CCCCCC1. The Bertz CT molecular complexity index is 1160. The van der Waals surface area contributed by atoms with Crippen LogP contribution in [0, 0.1) is 5.92 Å². The number of amides is 2. The van der Waals surface area contributed by atoms with Crippen molar-refractivity contribution in [2.75, 3.05) is 39.3 Å². The van der Waals surface area contributed by atoms with Gasteiger partial charge in [-0.3, -0.25) is 9.59 Å². The number of carbonyl (C=O) groups is 2. The summed E-state index contributed by atoms with van der Waals surface area (Å²) in [5.74, 6) is 1.03. The molecule has 2 amide bonds. The standard InChI is InChI=1S/C29H36N4O3/c34-27(30-14-19-32-15-6-1-2-7-16-32)20-22-12-17-33(18-13-22)29(35)24-10-11-25-26(21-24)36-28(31-25)23-8-4-3-5-9-23/h3-5,8-11,21-22H,1-2,6-7,12-20H2,(H,30,34). The van der Waals surface area contributed by atoms with E-state index in [0.29, 0.717) is 42.5 Å². The molecular formula is C29H36N4O3.